The lowest BCUT2D eigenvalue weighted by molar-refractivity contribution is 0.249. The number of halogens is 1. The van der Waals surface area contributed by atoms with Gasteiger partial charge in [0, 0.05) is 32.7 Å². The fourth-order valence-electron chi connectivity index (χ4n) is 3.07. The van der Waals surface area contributed by atoms with Gasteiger partial charge in [-0.15, -0.1) is 0 Å². The fourth-order valence-corrected chi connectivity index (χ4v) is 3.32. The maximum absolute atomic E-state index is 6.31. The molecule has 1 heterocycles. The summed E-state index contributed by atoms with van der Waals surface area (Å²) in [5.74, 6) is 0. The summed E-state index contributed by atoms with van der Waals surface area (Å²) in [7, 11) is 0. The molecule has 0 amide bonds. The molecule has 3 rings (SSSR count). The third-order valence-corrected chi connectivity index (χ3v) is 4.78. The first-order chi connectivity index (χ1) is 10.6. The topological polar surface area (TPSA) is 6.48 Å². The Morgan fingerprint density at radius 1 is 0.955 bits per heavy atom. The Balaban J connectivity index is 1.62. The van der Waals surface area contributed by atoms with Crippen molar-refractivity contribution < 1.29 is 0 Å². The van der Waals surface area contributed by atoms with Crippen LogP contribution in [0.5, 0.6) is 0 Å². The van der Waals surface area contributed by atoms with E-state index in [-0.39, 0.29) is 0 Å². The Labute approximate surface area is 138 Å². The molecule has 0 atom stereocenters. The molecule has 0 radical (unpaired) electrons. The van der Waals surface area contributed by atoms with Gasteiger partial charge < -0.3 is 4.90 Å². The summed E-state index contributed by atoms with van der Waals surface area (Å²) in [6.45, 7) is 9.65. The standard InChI is InChI=1S/C19H23ClN2/c1-15-7-8-16(2)17(13-15)14-21-9-11-22(12-10-21)19-6-4-3-5-18(19)20/h3-8,13H,9-12,14H2,1-2H3. The van der Waals surface area contributed by atoms with E-state index in [1.54, 1.807) is 0 Å². The van der Waals surface area contributed by atoms with Gasteiger partial charge in [0.2, 0.25) is 0 Å². The van der Waals surface area contributed by atoms with Crippen molar-refractivity contribution >= 4 is 17.3 Å². The lowest BCUT2D eigenvalue weighted by atomic mass is 10.0. The van der Waals surface area contributed by atoms with E-state index in [2.05, 4.69) is 54.0 Å². The Bertz CT molecular complexity index is 646. The Morgan fingerprint density at radius 3 is 2.41 bits per heavy atom. The molecule has 1 saturated heterocycles. The number of para-hydroxylation sites is 1. The molecule has 0 N–H and O–H groups in total. The van der Waals surface area contributed by atoms with Crippen LogP contribution in [0.3, 0.4) is 0 Å². The first-order valence-corrected chi connectivity index (χ1v) is 8.29. The molecule has 0 saturated carbocycles. The minimum absolute atomic E-state index is 0.852. The molecule has 0 aliphatic carbocycles. The SMILES string of the molecule is Cc1ccc(C)c(CN2CCN(c3ccccc3Cl)CC2)c1. The van der Waals surface area contributed by atoms with Gasteiger partial charge in [-0.2, -0.15) is 0 Å². The first kappa shape index (κ1) is 15.4. The van der Waals surface area contributed by atoms with Crippen LogP contribution in [0, 0.1) is 13.8 Å². The lowest BCUT2D eigenvalue weighted by Crippen LogP contribution is -2.46. The second-order valence-corrected chi connectivity index (χ2v) is 6.55. The predicted molar refractivity (Wildman–Crippen MR) is 94.9 cm³/mol. The van der Waals surface area contributed by atoms with E-state index < -0.39 is 0 Å². The fraction of sp³-hybridized carbons (Fsp3) is 0.368. The van der Waals surface area contributed by atoms with E-state index in [0.29, 0.717) is 0 Å². The van der Waals surface area contributed by atoms with Crippen LogP contribution in [0.1, 0.15) is 16.7 Å². The zero-order chi connectivity index (χ0) is 15.5. The molecule has 2 aromatic carbocycles. The highest BCUT2D eigenvalue weighted by atomic mass is 35.5. The van der Waals surface area contributed by atoms with Crippen LogP contribution in [0.2, 0.25) is 5.02 Å². The summed E-state index contributed by atoms with van der Waals surface area (Å²) < 4.78 is 0. The highest BCUT2D eigenvalue weighted by Crippen LogP contribution is 2.26. The normalized spacial score (nSPS) is 16.0. The Kier molecular flexibility index (Phi) is 4.70. The molecule has 0 unspecified atom stereocenters. The summed E-state index contributed by atoms with van der Waals surface area (Å²) in [6, 6.07) is 14.9. The smallest absolute Gasteiger partial charge is 0.0639 e. The van der Waals surface area contributed by atoms with Crippen LogP contribution in [0.4, 0.5) is 5.69 Å². The molecule has 1 aliphatic rings. The molecule has 1 fully saturated rings. The van der Waals surface area contributed by atoms with E-state index >= 15 is 0 Å². The summed E-state index contributed by atoms with van der Waals surface area (Å²) in [5, 5.41) is 0.852. The van der Waals surface area contributed by atoms with Gasteiger partial charge >= 0.3 is 0 Å². The van der Waals surface area contributed by atoms with E-state index in [4.69, 9.17) is 11.6 Å². The molecular formula is C19H23ClN2. The van der Waals surface area contributed by atoms with Crippen molar-refractivity contribution in [1.29, 1.82) is 0 Å². The molecule has 0 spiro atoms. The average Bonchev–Trinajstić information content (AvgIpc) is 2.52. The number of rotatable bonds is 3. The van der Waals surface area contributed by atoms with Gasteiger partial charge in [0.05, 0.1) is 10.7 Å². The van der Waals surface area contributed by atoms with Crippen LogP contribution < -0.4 is 4.90 Å². The second-order valence-electron chi connectivity index (χ2n) is 6.14. The van der Waals surface area contributed by atoms with Gasteiger partial charge in [-0.05, 0) is 37.1 Å². The largest absolute Gasteiger partial charge is 0.368 e. The van der Waals surface area contributed by atoms with Crippen molar-refractivity contribution in [2.75, 3.05) is 31.1 Å². The minimum Gasteiger partial charge on any atom is -0.368 e. The van der Waals surface area contributed by atoms with Crippen molar-refractivity contribution in [2.45, 2.75) is 20.4 Å². The van der Waals surface area contributed by atoms with Gasteiger partial charge in [0.1, 0.15) is 0 Å². The Morgan fingerprint density at radius 2 is 1.68 bits per heavy atom. The van der Waals surface area contributed by atoms with Crippen molar-refractivity contribution in [3.05, 3.63) is 64.2 Å². The molecular weight excluding hydrogens is 292 g/mol. The first-order valence-electron chi connectivity index (χ1n) is 7.91. The number of hydrogen-bond acceptors (Lipinski definition) is 2. The summed E-state index contributed by atoms with van der Waals surface area (Å²) in [5.41, 5.74) is 5.34. The number of hydrogen-bond donors (Lipinski definition) is 0. The Hall–Kier alpha value is -1.51. The maximum Gasteiger partial charge on any atom is 0.0639 e. The molecule has 2 aromatic rings. The average molecular weight is 315 g/mol. The zero-order valence-corrected chi connectivity index (χ0v) is 14.1. The molecule has 3 heteroatoms. The van der Waals surface area contributed by atoms with E-state index in [9.17, 15) is 0 Å². The maximum atomic E-state index is 6.31. The van der Waals surface area contributed by atoms with Crippen LogP contribution in [0.25, 0.3) is 0 Å². The van der Waals surface area contributed by atoms with Gasteiger partial charge in [-0.25, -0.2) is 0 Å². The third-order valence-electron chi connectivity index (χ3n) is 4.46. The molecule has 116 valence electrons. The molecule has 0 bridgehead atoms. The van der Waals surface area contributed by atoms with Crippen molar-refractivity contribution in [1.82, 2.24) is 4.90 Å². The molecule has 2 nitrogen and oxygen atoms in total. The van der Waals surface area contributed by atoms with Gasteiger partial charge in [-0.3, -0.25) is 4.90 Å². The number of nitrogens with zero attached hydrogens (tertiary/aromatic N) is 2. The molecule has 1 aliphatic heterocycles. The minimum atomic E-state index is 0.852. The molecule has 0 aromatic heterocycles. The van der Waals surface area contributed by atoms with Crippen molar-refractivity contribution in [2.24, 2.45) is 0 Å². The van der Waals surface area contributed by atoms with Crippen LogP contribution in [0.15, 0.2) is 42.5 Å². The predicted octanol–water partition coefficient (Wildman–Crippen LogP) is 4.28. The number of benzene rings is 2. The summed E-state index contributed by atoms with van der Waals surface area (Å²) >= 11 is 6.31. The second kappa shape index (κ2) is 6.72. The quantitative estimate of drug-likeness (QED) is 0.834. The van der Waals surface area contributed by atoms with Crippen LogP contribution in [-0.4, -0.2) is 31.1 Å². The summed E-state index contributed by atoms with van der Waals surface area (Å²) in [6.07, 6.45) is 0. The lowest BCUT2D eigenvalue weighted by Gasteiger charge is -2.36. The number of aryl methyl sites for hydroxylation is 2. The van der Waals surface area contributed by atoms with Gasteiger partial charge in [0.25, 0.3) is 0 Å². The van der Waals surface area contributed by atoms with Crippen LogP contribution in [-0.2, 0) is 6.54 Å². The van der Waals surface area contributed by atoms with Crippen molar-refractivity contribution in [3.63, 3.8) is 0 Å². The molecule has 22 heavy (non-hydrogen) atoms. The van der Waals surface area contributed by atoms with Gasteiger partial charge in [-0.1, -0.05) is 47.5 Å². The zero-order valence-electron chi connectivity index (χ0n) is 13.3. The van der Waals surface area contributed by atoms with Crippen molar-refractivity contribution in [3.8, 4) is 0 Å². The highest BCUT2D eigenvalue weighted by Gasteiger charge is 2.19. The summed E-state index contributed by atoms with van der Waals surface area (Å²) in [4.78, 5) is 4.93. The third kappa shape index (κ3) is 3.45. The number of anilines is 1. The number of piperazine rings is 1. The van der Waals surface area contributed by atoms with E-state index in [1.807, 2.05) is 12.1 Å². The highest BCUT2D eigenvalue weighted by molar-refractivity contribution is 6.33. The van der Waals surface area contributed by atoms with E-state index in [1.165, 1.54) is 16.7 Å². The monoisotopic (exact) mass is 314 g/mol. The van der Waals surface area contributed by atoms with Gasteiger partial charge in [0.15, 0.2) is 0 Å². The van der Waals surface area contributed by atoms with E-state index in [0.717, 1.165) is 43.4 Å². The van der Waals surface area contributed by atoms with Crippen LogP contribution >= 0.6 is 11.6 Å².